The van der Waals surface area contributed by atoms with Crippen molar-refractivity contribution in [1.29, 1.82) is 0 Å². The number of nitrogens with zero attached hydrogens (tertiary/aromatic N) is 1. The Bertz CT molecular complexity index is 281. The van der Waals surface area contributed by atoms with E-state index in [1.807, 2.05) is 13.8 Å². The first-order valence-electron chi connectivity index (χ1n) is 6.22. The molecule has 1 amide bonds. The van der Waals surface area contributed by atoms with Crippen LogP contribution in [0.2, 0.25) is 0 Å². The maximum Gasteiger partial charge on any atom is 0.310 e. The van der Waals surface area contributed by atoms with E-state index in [1.165, 1.54) is 0 Å². The van der Waals surface area contributed by atoms with E-state index in [4.69, 9.17) is 10.5 Å². The zero-order chi connectivity index (χ0) is 12.8. The van der Waals surface area contributed by atoms with Crippen LogP contribution in [0.5, 0.6) is 0 Å². The quantitative estimate of drug-likeness (QED) is 0.707. The highest BCUT2D eigenvalue weighted by molar-refractivity contribution is 5.76. The Kier molecular flexibility index (Phi) is 5.41. The molecular formula is C12H22N2O3. The highest BCUT2D eigenvalue weighted by atomic mass is 16.5. The van der Waals surface area contributed by atoms with Crippen molar-refractivity contribution in [3.8, 4) is 0 Å². The molecule has 0 spiro atoms. The summed E-state index contributed by atoms with van der Waals surface area (Å²) < 4.78 is 5.02. The van der Waals surface area contributed by atoms with Crippen molar-refractivity contribution >= 4 is 11.9 Å². The molecule has 0 saturated carbocycles. The number of piperidine rings is 1. The van der Waals surface area contributed by atoms with E-state index in [1.54, 1.807) is 0 Å². The van der Waals surface area contributed by atoms with Gasteiger partial charge in [0.1, 0.15) is 0 Å². The molecule has 1 heterocycles. The standard InChI is InChI=1S/C12H22N2O3/c1-3-17-12(16)10-5-4-6-14(8-10)7-9(2)11(13)15/h9-10H,3-8H2,1-2H3,(H2,13,15). The second kappa shape index (κ2) is 6.59. The van der Waals surface area contributed by atoms with Crippen molar-refractivity contribution in [1.82, 2.24) is 4.90 Å². The van der Waals surface area contributed by atoms with Gasteiger partial charge in [-0.05, 0) is 26.3 Å². The molecule has 17 heavy (non-hydrogen) atoms. The lowest BCUT2D eigenvalue weighted by Crippen LogP contribution is -2.43. The summed E-state index contributed by atoms with van der Waals surface area (Å²) in [5.41, 5.74) is 5.24. The third-order valence-corrected chi connectivity index (χ3v) is 3.14. The molecule has 98 valence electrons. The van der Waals surface area contributed by atoms with Crippen LogP contribution in [0.3, 0.4) is 0 Å². The van der Waals surface area contributed by atoms with Gasteiger partial charge in [0.25, 0.3) is 0 Å². The van der Waals surface area contributed by atoms with Gasteiger partial charge in [-0.3, -0.25) is 9.59 Å². The van der Waals surface area contributed by atoms with E-state index in [2.05, 4.69) is 4.90 Å². The van der Waals surface area contributed by atoms with Gasteiger partial charge in [0.2, 0.25) is 5.91 Å². The first kappa shape index (κ1) is 14.0. The second-order valence-electron chi connectivity index (χ2n) is 4.65. The van der Waals surface area contributed by atoms with Gasteiger partial charge in [-0.1, -0.05) is 6.92 Å². The van der Waals surface area contributed by atoms with Gasteiger partial charge in [0.05, 0.1) is 12.5 Å². The Balaban J connectivity index is 2.43. The third kappa shape index (κ3) is 4.34. The lowest BCUT2D eigenvalue weighted by atomic mass is 9.97. The van der Waals surface area contributed by atoms with Crippen molar-refractivity contribution < 1.29 is 14.3 Å². The highest BCUT2D eigenvalue weighted by Crippen LogP contribution is 2.18. The fourth-order valence-corrected chi connectivity index (χ4v) is 2.15. The van der Waals surface area contributed by atoms with Gasteiger partial charge in [-0.15, -0.1) is 0 Å². The molecule has 1 fully saturated rings. The van der Waals surface area contributed by atoms with Crippen molar-refractivity contribution in [2.45, 2.75) is 26.7 Å². The topological polar surface area (TPSA) is 72.6 Å². The molecule has 1 saturated heterocycles. The highest BCUT2D eigenvalue weighted by Gasteiger charge is 2.27. The maximum atomic E-state index is 11.6. The molecule has 2 unspecified atom stereocenters. The minimum absolute atomic E-state index is 0.0521. The van der Waals surface area contributed by atoms with Crippen LogP contribution in [0.1, 0.15) is 26.7 Å². The fourth-order valence-electron chi connectivity index (χ4n) is 2.15. The molecule has 0 aromatic carbocycles. The van der Waals surface area contributed by atoms with Crippen molar-refractivity contribution in [3.05, 3.63) is 0 Å². The summed E-state index contributed by atoms with van der Waals surface area (Å²) >= 11 is 0. The summed E-state index contributed by atoms with van der Waals surface area (Å²) in [7, 11) is 0. The van der Waals surface area contributed by atoms with Gasteiger partial charge in [0.15, 0.2) is 0 Å². The van der Waals surface area contributed by atoms with Crippen LogP contribution < -0.4 is 5.73 Å². The van der Waals surface area contributed by atoms with Crippen molar-refractivity contribution in [2.75, 3.05) is 26.2 Å². The van der Waals surface area contributed by atoms with Gasteiger partial charge in [-0.2, -0.15) is 0 Å². The zero-order valence-corrected chi connectivity index (χ0v) is 10.6. The number of likely N-dealkylation sites (tertiary alicyclic amines) is 1. The van der Waals surface area contributed by atoms with Crippen LogP contribution in [0.25, 0.3) is 0 Å². The molecule has 1 aliphatic rings. The van der Waals surface area contributed by atoms with E-state index >= 15 is 0 Å². The van der Waals surface area contributed by atoms with Gasteiger partial charge < -0.3 is 15.4 Å². The van der Waals surface area contributed by atoms with E-state index in [9.17, 15) is 9.59 Å². The molecular weight excluding hydrogens is 220 g/mol. The van der Waals surface area contributed by atoms with Crippen LogP contribution in [-0.2, 0) is 14.3 Å². The average Bonchev–Trinajstić information content (AvgIpc) is 2.29. The predicted octanol–water partition coefficient (Wildman–Crippen LogP) is 0.383. The van der Waals surface area contributed by atoms with E-state index in [0.717, 1.165) is 19.4 Å². The molecule has 0 aromatic rings. The monoisotopic (exact) mass is 242 g/mol. The SMILES string of the molecule is CCOC(=O)C1CCCN(CC(C)C(N)=O)C1. The number of hydrogen-bond acceptors (Lipinski definition) is 4. The summed E-state index contributed by atoms with van der Waals surface area (Å²) in [6, 6.07) is 0. The Hall–Kier alpha value is -1.10. The first-order chi connectivity index (χ1) is 8.04. The smallest absolute Gasteiger partial charge is 0.310 e. The molecule has 5 nitrogen and oxygen atoms in total. The largest absolute Gasteiger partial charge is 0.466 e. The number of rotatable bonds is 5. The number of esters is 1. The van der Waals surface area contributed by atoms with Crippen LogP contribution >= 0.6 is 0 Å². The zero-order valence-electron chi connectivity index (χ0n) is 10.6. The number of primary amides is 1. The summed E-state index contributed by atoms with van der Waals surface area (Å²) in [5.74, 6) is -0.632. The number of hydrogen-bond donors (Lipinski definition) is 1. The number of carbonyl (C=O) groups is 2. The minimum Gasteiger partial charge on any atom is -0.466 e. The number of amides is 1. The van der Waals surface area contributed by atoms with Gasteiger partial charge >= 0.3 is 5.97 Å². The van der Waals surface area contributed by atoms with Gasteiger partial charge in [-0.25, -0.2) is 0 Å². The predicted molar refractivity (Wildman–Crippen MR) is 64.2 cm³/mol. The summed E-state index contributed by atoms with van der Waals surface area (Å²) in [6.45, 7) is 6.28. The molecule has 1 rings (SSSR count). The first-order valence-corrected chi connectivity index (χ1v) is 6.22. The Morgan fingerprint density at radius 2 is 2.24 bits per heavy atom. The molecule has 2 N–H and O–H groups in total. The molecule has 0 aliphatic carbocycles. The number of carbonyl (C=O) groups excluding carboxylic acids is 2. The molecule has 0 radical (unpaired) electrons. The Labute approximate surface area is 102 Å². The molecule has 1 aliphatic heterocycles. The second-order valence-corrected chi connectivity index (χ2v) is 4.65. The third-order valence-electron chi connectivity index (χ3n) is 3.14. The summed E-state index contributed by atoms with van der Waals surface area (Å²) in [6.07, 6.45) is 1.84. The molecule has 5 heteroatoms. The van der Waals surface area contributed by atoms with Crippen LogP contribution in [-0.4, -0.2) is 43.0 Å². The van der Waals surface area contributed by atoms with Crippen molar-refractivity contribution in [2.24, 2.45) is 17.6 Å². The van der Waals surface area contributed by atoms with Gasteiger partial charge in [0, 0.05) is 19.0 Å². The van der Waals surface area contributed by atoms with Crippen LogP contribution in [0.4, 0.5) is 0 Å². The van der Waals surface area contributed by atoms with E-state index in [-0.39, 0.29) is 23.7 Å². The average molecular weight is 242 g/mol. The van der Waals surface area contributed by atoms with Crippen LogP contribution in [0.15, 0.2) is 0 Å². The number of nitrogens with two attached hydrogens (primary N) is 1. The van der Waals surface area contributed by atoms with E-state index < -0.39 is 0 Å². The molecule has 0 bridgehead atoms. The Morgan fingerprint density at radius 3 is 2.82 bits per heavy atom. The molecule has 0 aromatic heterocycles. The van der Waals surface area contributed by atoms with Crippen LogP contribution in [0, 0.1) is 11.8 Å². The summed E-state index contributed by atoms with van der Waals surface area (Å²) in [4.78, 5) is 24.7. The normalized spacial score (nSPS) is 23.1. The van der Waals surface area contributed by atoms with E-state index in [0.29, 0.717) is 19.7 Å². The van der Waals surface area contributed by atoms with Crippen molar-refractivity contribution in [3.63, 3.8) is 0 Å². The summed E-state index contributed by atoms with van der Waals surface area (Å²) in [5, 5.41) is 0. The Morgan fingerprint density at radius 1 is 1.53 bits per heavy atom. The fraction of sp³-hybridized carbons (Fsp3) is 0.833. The molecule has 2 atom stereocenters. The maximum absolute atomic E-state index is 11.6. The lowest BCUT2D eigenvalue weighted by molar-refractivity contribution is -0.150. The lowest BCUT2D eigenvalue weighted by Gasteiger charge is -2.32. The number of ether oxygens (including phenoxy) is 1. The minimum atomic E-state index is -0.289.